The Morgan fingerprint density at radius 1 is 1.21 bits per heavy atom. The van der Waals surface area contributed by atoms with Crippen LogP contribution in [0.5, 0.6) is 5.75 Å². The fraction of sp³-hybridized carbons (Fsp3) is 0.158. The van der Waals surface area contributed by atoms with Gasteiger partial charge in [-0.2, -0.15) is 0 Å². The normalized spacial score (nSPS) is 11.6. The Kier molecular flexibility index (Phi) is 6.88. The first kappa shape index (κ1) is 20.4. The van der Waals surface area contributed by atoms with Crippen molar-refractivity contribution in [2.45, 2.75) is 19.8 Å². The van der Waals surface area contributed by atoms with Crippen LogP contribution < -0.4 is 15.5 Å². The first-order chi connectivity index (χ1) is 14.0. The molecule has 2 heterocycles. The third kappa shape index (κ3) is 5.84. The lowest BCUT2D eigenvalue weighted by molar-refractivity contribution is 0.00388. The number of amides is 1. The van der Waals surface area contributed by atoms with E-state index in [4.69, 9.17) is 21.2 Å². The number of ether oxygens (including phenoxy) is 1. The fourth-order valence-electron chi connectivity index (χ4n) is 2.24. The highest BCUT2D eigenvalue weighted by atomic mass is 35.5. The lowest BCUT2D eigenvalue weighted by Gasteiger charge is -2.18. The van der Waals surface area contributed by atoms with E-state index in [0.717, 1.165) is 12.4 Å². The van der Waals surface area contributed by atoms with Crippen LogP contribution in [0.15, 0.2) is 55.1 Å². The number of pyridine rings is 1. The molecule has 0 aliphatic rings. The molecule has 0 aliphatic carbocycles. The molecule has 0 bridgehead atoms. The number of carbonyl (C=O) groups is 1. The number of nitrogens with zero attached hydrogens (tertiary/aromatic N) is 3. The number of rotatable bonds is 8. The van der Waals surface area contributed by atoms with E-state index in [0.29, 0.717) is 27.8 Å². The molecular formula is C19H17ClFN5O3. The standard InChI is InChI=1S/C19H17ClFN5O3/c1-12(29-26-19(27)13-4-3-7-22-8-13)25-15-5-2-6-16(18(15)20)28-11-17-23-9-14(21)10-24-17/h2-10,12,25H,11H2,1H3,(H,26,27). The Morgan fingerprint density at radius 3 is 2.72 bits per heavy atom. The van der Waals surface area contributed by atoms with Crippen LogP contribution >= 0.6 is 11.6 Å². The van der Waals surface area contributed by atoms with E-state index >= 15 is 0 Å². The number of nitrogens with one attached hydrogen (secondary N) is 2. The summed E-state index contributed by atoms with van der Waals surface area (Å²) in [6.07, 6.45) is 4.53. The van der Waals surface area contributed by atoms with Gasteiger partial charge in [0.2, 0.25) is 0 Å². The Morgan fingerprint density at radius 2 is 2.00 bits per heavy atom. The van der Waals surface area contributed by atoms with Crippen LogP contribution in [0.4, 0.5) is 10.1 Å². The monoisotopic (exact) mass is 417 g/mol. The van der Waals surface area contributed by atoms with Gasteiger partial charge < -0.3 is 10.1 Å². The highest BCUT2D eigenvalue weighted by Crippen LogP contribution is 2.32. The second kappa shape index (κ2) is 9.76. The van der Waals surface area contributed by atoms with E-state index in [1.54, 1.807) is 43.5 Å². The van der Waals surface area contributed by atoms with Crippen molar-refractivity contribution < 1.29 is 18.8 Å². The molecular weight excluding hydrogens is 401 g/mol. The zero-order valence-corrected chi connectivity index (χ0v) is 16.1. The van der Waals surface area contributed by atoms with E-state index in [2.05, 4.69) is 25.7 Å². The molecule has 0 radical (unpaired) electrons. The van der Waals surface area contributed by atoms with Gasteiger partial charge in [-0.3, -0.25) is 9.78 Å². The summed E-state index contributed by atoms with van der Waals surface area (Å²) in [5.74, 6) is -0.247. The second-order valence-corrected chi connectivity index (χ2v) is 6.18. The van der Waals surface area contributed by atoms with Gasteiger partial charge in [0.25, 0.3) is 5.91 Å². The van der Waals surface area contributed by atoms with E-state index < -0.39 is 18.0 Å². The van der Waals surface area contributed by atoms with Crippen molar-refractivity contribution >= 4 is 23.2 Å². The van der Waals surface area contributed by atoms with Crippen LogP contribution in [0, 0.1) is 5.82 Å². The van der Waals surface area contributed by atoms with Gasteiger partial charge in [-0.1, -0.05) is 17.7 Å². The minimum atomic E-state index is -0.594. The molecule has 2 N–H and O–H groups in total. The van der Waals surface area contributed by atoms with E-state index in [1.807, 2.05) is 0 Å². The van der Waals surface area contributed by atoms with Crippen LogP contribution in [0.1, 0.15) is 23.1 Å². The maximum atomic E-state index is 12.9. The third-order valence-corrected chi connectivity index (χ3v) is 3.99. The molecule has 0 saturated heterocycles. The molecule has 1 unspecified atom stereocenters. The van der Waals surface area contributed by atoms with Crippen LogP contribution in [0.25, 0.3) is 0 Å². The van der Waals surface area contributed by atoms with Crippen molar-refractivity contribution in [3.05, 3.63) is 77.3 Å². The van der Waals surface area contributed by atoms with Gasteiger partial charge in [0.15, 0.2) is 17.9 Å². The molecule has 1 amide bonds. The quantitative estimate of drug-likeness (QED) is 0.428. The molecule has 1 aromatic carbocycles. The van der Waals surface area contributed by atoms with Crippen LogP contribution in [-0.4, -0.2) is 27.1 Å². The number of halogens is 2. The molecule has 29 heavy (non-hydrogen) atoms. The predicted octanol–water partition coefficient (Wildman–Crippen LogP) is 3.36. The van der Waals surface area contributed by atoms with Crippen molar-refractivity contribution in [2.24, 2.45) is 0 Å². The molecule has 3 aromatic rings. The molecule has 0 spiro atoms. The van der Waals surface area contributed by atoms with Gasteiger partial charge >= 0.3 is 0 Å². The number of hydrogen-bond donors (Lipinski definition) is 2. The smallest absolute Gasteiger partial charge is 0.276 e. The van der Waals surface area contributed by atoms with E-state index in [9.17, 15) is 9.18 Å². The fourth-order valence-corrected chi connectivity index (χ4v) is 2.47. The average Bonchev–Trinajstić information content (AvgIpc) is 2.74. The summed E-state index contributed by atoms with van der Waals surface area (Å²) in [4.78, 5) is 28.8. The molecule has 8 nitrogen and oxygen atoms in total. The van der Waals surface area contributed by atoms with E-state index in [1.165, 1.54) is 6.20 Å². The van der Waals surface area contributed by atoms with Gasteiger partial charge in [-0.05, 0) is 31.2 Å². The molecule has 3 rings (SSSR count). The van der Waals surface area contributed by atoms with Crippen molar-refractivity contribution in [1.29, 1.82) is 0 Å². The van der Waals surface area contributed by atoms with Crippen LogP contribution in [0.2, 0.25) is 5.02 Å². The first-order valence-corrected chi connectivity index (χ1v) is 8.91. The number of hydroxylamine groups is 1. The molecule has 2 aromatic heterocycles. The number of aromatic nitrogens is 3. The van der Waals surface area contributed by atoms with Crippen molar-refractivity contribution in [2.75, 3.05) is 5.32 Å². The van der Waals surface area contributed by atoms with Gasteiger partial charge in [0, 0.05) is 12.4 Å². The summed E-state index contributed by atoms with van der Waals surface area (Å²) in [7, 11) is 0. The number of anilines is 1. The number of hydrogen-bond acceptors (Lipinski definition) is 7. The molecule has 150 valence electrons. The Balaban J connectivity index is 1.55. The molecule has 0 fully saturated rings. The van der Waals surface area contributed by atoms with Crippen molar-refractivity contribution in [3.63, 3.8) is 0 Å². The molecule has 10 heteroatoms. The van der Waals surface area contributed by atoms with Crippen molar-refractivity contribution in [1.82, 2.24) is 20.4 Å². The molecule has 0 saturated carbocycles. The summed E-state index contributed by atoms with van der Waals surface area (Å²) in [5, 5.41) is 3.33. The average molecular weight is 418 g/mol. The molecule has 1 atom stereocenters. The van der Waals surface area contributed by atoms with Gasteiger partial charge in [-0.25, -0.2) is 24.7 Å². The topological polar surface area (TPSA) is 98.3 Å². The Labute approximate surface area is 171 Å². The van der Waals surface area contributed by atoms with Gasteiger partial charge in [0.05, 0.1) is 23.6 Å². The maximum absolute atomic E-state index is 12.9. The van der Waals surface area contributed by atoms with Crippen LogP contribution in [0.3, 0.4) is 0 Å². The third-order valence-electron chi connectivity index (χ3n) is 3.60. The maximum Gasteiger partial charge on any atom is 0.276 e. The van der Waals surface area contributed by atoms with Gasteiger partial charge in [-0.15, -0.1) is 0 Å². The highest BCUT2D eigenvalue weighted by Gasteiger charge is 2.13. The summed E-state index contributed by atoms with van der Waals surface area (Å²) >= 11 is 6.36. The Bertz CT molecular complexity index is 960. The lowest BCUT2D eigenvalue weighted by atomic mass is 10.3. The van der Waals surface area contributed by atoms with E-state index in [-0.39, 0.29) is 6.61 Å². The number of carbonyl (C=O) groups excluding carboxylic acids is 1. The summed E-state index contributed by atoms with van der Waals surface area (Å²) in [5.41, 5.74) is 3.25. The molecule has 0 aliphatic heterocycles. The van der Waals surface area contributed by atoms with Crippen molar-refractivity contribution in [3.8, 4) is 5.75 Å². The SMILES string of the molecule is CC(Nc1cccc(OCc2ncc(F)cn2)c1Cl)ONC(=O)c1cccnc1. The summed E-state index contributed by atoms with van der Waals surface area (Å²) < 4.78 is 18.5. The first-order valence-electron chi connectivity index (χ1n) is 8.53. The number of benzene rings is 1. The van der Waals surface area contributed by atoms with Crippen LogP contribution in [-0.2, 0) is 11.4 Å². The minimum absolute atomic E-state index is 0.0245. The zero-order chi connectivity index (χ0) is 20.6. The highest BCUT2D eigenvalue weighted by molar-refractivity contribution is 6.34. The summed E-state index contributed by atoms with van der Waals surface area (Å²) in [6, 6.07) is 8.40. The Hall–Kier alpha value is -3.30. The zero-order valence-electron chi connectivity index (χ0n) is 15.3. The second-order valence-electron chi connectivity index (χ2n) is 5.80. The van der Waals surface area contributed by atoms with Gasteiger partial charge in [0.1, 0.15) is 17.4 Å². The predicted molar refractivity (Wildman–Crippen MR) is 104 cm³/mol. The lowest BCUT2D eigenvalue weighted by Crippen LogP contribution is -2.32. The summed E-state index contributed by atoms with van der Waals surface area (Å²) in [6.45, 7) is 1.72. The largest absolute Gasteiger partial charge is 0.484 e. The minimum Gasteiger partial charge on any atom is -0.484 e.